The lowest BCUT2D eigenvalue weighted by Gasteiger charge is -2.08. The molecular formula is C26H28F3N5. The van der Waals surface area contributed by atoms with Crippen LogP contribution in [0, 0.1) is 11.6 Å². The smallest absolute Gasteiger partial charge is 0.157 e. The Balaban J connectivity index is 0.000000620. The lowest BCUT2D eigenvalue weighted by Crippen LogP contribution is -2.07. The molecule has 2 aromatic rings. The van der Waals surface area contributed by atoms with E-state index in [0.29, 0.717) is 17.0 Å². The van der Waals surface area contributed by atoms with Gasteiger partial charge in [0.15, 0.2) is 5.84 Å². The summed E-state index contributed by atoms with van der Waals surface area (Å²) in [5.41, 5.74) is 2.94. The summed E-state index contributed by atoms with van der Waals surface area (Å²) in [6.45, 7) is 11.8. The van der Waals surface area contributed by atoms with Crippen molar-refractivity contribution >= 4 is 17.1 Å². The molecule has 5 nitrogen and oxygen atoms in total. The van der Waals surface area contributed by atoms with Crippen molar-refractivity contribution in [3.8, 4) is 0 Å². The summed E-state index contributed by atoms with van der Waals surface area (Å²) in [7, 11) is 3.01. The summed E-state index contributed by atoms with van der Waals surface area (Å²) in [5.74, 6) is -1.41. The van der Waals surface area contributed by atoms with Crippen LogP contribution in [0.2, 0.25) is 0 Å². The highest BCUT2D eigenvalue weighted by molar-refractivity contribution is 6.13. The van der Waals surface area contributed by atoms with Gasteiger partial charge in [-0.2, -0.15) is 10.2 Å². The molecule has 1 aromatic carbocycles. The highest BCUT2D eigenvalue weighted by Crippen LogP contribution is 2.20. The number of hydrogen-bond acceptors (Lipinski definition) is 4. The SMILES string of the molecule is C=C/C(C)=C(/F)C=C.CN=N/C(C(C)=NC(=NC)c1cc(F)ccc1F)=C(\C)c1ccccn1. The molecule has 0 saturated heterocycles. The Bertz CT molecular complexity index is 1140. The largest absolute Gasteiger partial charge is 0.270 e. The Morgan fingerprint density at radius 1 is 1.00 bits per heavy atom. The predicted octanol–water partition coefficient (Wildman–Crippen LogP) is 7.31. The molecule has 2 rings (SSSR count). The number of benzene rings is 1. The Labute approximate surface area is 198 Å². The molecule has 178 valence electrons. The van der Waals surface area contributed by atoms with Gasteiger partial charge in [-0.3, -0.25) is 9.98 Å². The number of halogens is 3. The first-order valence-electron chi connectivity index (χ1n) is 10.2. The first-order valence-corrected chi connectivity index (χ1v) is 10.2. The molecule has 0 amide bonds. The van der Waals surface area contributed by atoms with Gasteiger partial charge < -0.3 is 0 Å². The Morgan fingerprint density at radius 2 is 1.71 bits per heavy atom. The lowest BCUT2D eigenvalue weighted by molar-refractivity contribution is 0.598. The Morgan fingerprint density at radius 3 is 2.21 bits per heavy atom. The van der Waals surface area contributed by atoms with Crippen LogP contribution in [0.3, 0.4) is 0 Å². The number of hydrogen-bond donors (Lipinski definition) is 0. The van der Waals surface area contributed by atoms with Crippen molar-refractivity contribution in [2.45, 2.75) is 20.8 Å². The van der Waals surface area contributed by atoms with E-state index in [2.05, 4.69) is 38.4 Å². The fourth-order valence-corrected chi connectivity index (χ4v) is 2.59. The first kappa shape index (κ1) is 28.1. The van der Waals surface area contributed by atoms with Gasteiger partial charge in [0.25, 0.3) is 0 Å². The van der Waals surface area contributed by atoms with E-state index in [-0.39, 0.29) is 17.2 Å². The molecule has 1 aromatic heterocycles. The van der Waals surface area contributed by atoms with Crippen LogP contribution in [0.25, 0.3) is 5.57 Å². The maximum Gasteiger partial charge on any atom is 0.157 e. The minimum atomic E-state index is -0.604. The molecule has 0 unspecified atom stereocenters. The summed E-state index contributed by atoms with van der Waals surface area (Å²) in [6, 6.07) is 8.67. The average Bonchev–Trinajstić information content (AvgIpc) is 2.86. The normalized spacial score (nSPS) is 13.5. The summed E-state index contributed by atoms with van der Waals surface area (Å²) in [6.07, 6.45) is 4.29. The van der Waals surface area contributed by atoms with E-state index >= 15 is 0 Å². The maximum absolute atomic E-state index is 14.0. The monoisotopic (exact) mass is 467 g/mol. The van der Waals surface area contributed by atoms with Crippen LogP contribution in [0.5, 0.6) is 0 Å². The number of nitrogens with zero attached hydrogens (tertiary/aromatic N) is 5. The lowest BCUT2D eigenvalue weighted by atomic mass is 10.1. The molecule has 0 radical (unpaired) electrons. The van der Waals surface area contributed by atoms with Crippen LogP contribution in [0.4, 0.5) is 13.2 Å². The van der Waals surface area contributed by atoms with Crippen LogP contribution in [-0.2, 0) is 0 Å². The third-order valence-corrected chi connectivity index (χ3v) is 4.46. The summed E-state index contributed by atoms with van der Waals surface area (Å²) < 4.78 is 39.8. The van der Waals surface area contributed by atoms with Crippen LogP contribution < -0.4 is 0 Å². The number of azo groups is 1. The first-order chi connectivity index (χ1) is 16.2. The van der Waals surface area contributed by atoms with Crippen LogP contribution in [-0.4, -0.2) is 30.6 Å². The van der Waals surface area contributed by atoms with Crippen molar-refractivity contribution in [2.24, 2.45) is 20.2 Å². The Kier molecular flexibility index (Phi) is 11.8. The van der Waals surface area contributed by atoms with Gasteiger partial charge >= 0.3 is 0 Å². The van der Waals surface area contributed by atoms with Gasteiger partial charge in [0.1, 0.15) is 23.2 Å². The van der Waals surface area contributed by atoms with Gasteiger partial charge in [0.05, 0.1) is 17.0 Å². The van der Waals surface area contributed by atoms with Crippen molar-refractivity contribution in [2.75, 3.05) is 14.1 Å². The number of amidine groups is 1. The molecule has 34 heavy (non-hydrogen) atoms. The van der Waals surface area contributed by atoms with Crippen LogP contribution in [0.15, 0.2) is 105 Å². The van der Waals surface area contributed by atoms with Gasteiger partial charge in [0, 0.05) is 25.9 Å². The van der Waals surface area contributed by atoms with Crippen molar-refractivity contribution in [3.63, 3.8) is 0 Å². The van der Waals surface area contributed by atoms with Gasteiger partial charge in [-0.05, 0) is 62.8 Å². The highest BCUT2D eigenvalue weighted by atomic mass is 19.1. The zero-order chi connectivity index (χ0) is 25.7. The van der Waals surface area contributed by atoms with E-state index in [1.54, 1.807) is 27.1 Å². The third-order valence-electron chi connectivity index (χ3n) is 4.46. The number of rotatable bonds is 6. The molecule has 0 spiro atoms. The molecule has 0 aliphatic heterocycles. The van der Waals surface area contributed by atoms with Gasteiger partial charge in [-0.1, -0.05) is 25.3 Å². The predicted molar refractivity (Wildman–Crippen MR) is 134 cm³/mol. The highest BCUT2D eigenvalue weighted by Gasteiger charge is 2.14. The third kappa shape index (κ3) is 8.20. The van der Waals surface area contributed by atoms with E-state index in [1.807, 2.05) is 25.1 Å². The van der Waals surface area contributed by atoms with E-state index < -0.39 is 11.6 Å². The number of pyridine rings is 1. The fraction of sp³-hybridized carbons (Fsp3) is 0.192. The van der Waals surface area contributed by atoms with Crippen molar-refractivity contribution in [3.05, 3.63) is 108 Å². The van der Waals surface area contributed by atoms with E-state index in [0.717, 1.165) is 35.5 Å². The Hall–Kier alpha value is -3.94. The molecule has 0 aliphatic carbocycles. The topological polar surface area (TPSA) is 62.3 Å². The second-order valence-electron chi connectivity index (χ2n) is 6.80. The molecule has 8 heteroatoms. The van der Waals surface area contributed by atoms with E-state index in [9.17, 15) is 13.2 Å². The van der Waals surface area contributed by atoms with E-state index in [4.69, 9.17) is 0 Å². The van der Waals surface area contributed by atoms with Crippen molar-refractivity contribution in [1.29, 1.82) is 0 Å². The minimum Gasteiger partial charge on any atom is -0.270 e. The molecule has 0 saturated carbocycles. The van der Waals surface area contributed by atoms with Crippen LogP contribution in [0.1, 0.15) is 32.0 Å². The maximum atomic E-state index is 14.0. The van der Waals surface area contributed by atoms with Crippen LogP contribution >= 0.6 is 0 Å². The van der Waals surface area contributed by atoms with E-state index in [1.165, 1.54) is 13.1 Å². The fourth-order valence-electron chi connectivity index (χ4n) is 2.59. The van der Waals surface area contributed by atoms with Gasteiger partial charge in [-0.25, -0.2) is 18.2 Å². The standard InChI is InChI=1S/C19H19F2N5.C7H9F/c1-12(17-7-5-6-10-24-17)18(26-23-4)13(2)25-19(22-3)15-11-14(20)8-9-16(15)21;1-4-6(3)7(8)5-2/h5-11H,1-4H3;4-5H,1-2H2,3H3/b18-12+,22-19?,25-13?,26-23?;7-6+. The van der Waals surface area contributed by atoms with Crippen molar-refractivity contribution < 1.29 is 13.2 Å². The summed E-state index contributed by atoms with van der Waals surface area (Å²) in [5, 5.41) is 7.96. The van der Waals surface area contributed by atoms with Gasteiger partial charge in [0.2, 0.25) is 0 Å². The number of allylic oxidation sites excluding steroid dienone is 6. The number of aliphatic imine (C=N–C) groups is 2. The quantitative estimate of drug-likeness (QED) is 0.190. The zero-order valence-electron chi connectivity index (χ0n) is 20.0. The molecule has 0 fully saturated rings. The number of aromatic nitrogens is 1. The molecule has 0 aliphatic rings. The summed E-state index contributed by atoms with van der Waals surface area (Å²) in [4.78, 5) is 12.6. The molecule has 1 heterocycles. The second kappa shape index (κ2) is 14.3. The molecule has 0 atom stereocenters. The zero-order valence-corrected chi connectivity index (χ0v) is 20.0. The molecular weight excluding hydrogens is 439 g/mol. The summed E-state index contributed by atoms with van der Waals surface area (Å²) >= 11 is 0. The minimum absolute atomic E-state index is 0.0184. The van der Waals surface area contributed by atoms with Crippen molar-refractivity contribution in [1.82, 2.24) is 4.98 Å². The van der Waals surface area contributed by atoms with Gasteiger partial charge in [-0.15, -0.1) is 0 Å². The molecule has 0 N–H and O–H groups in total. The average molecular weight is 468 g/mol. The second-order valence-corrected chi connectivity index (χ2v) is 6.80. The molecule has 0 bridgehead atoms.